The molecule has 88 valence electrons. The molecule has 2 rings (SSSR count). The number of carbonyl (C=O) groups is 1. The second-order valence-corrected chi connectivity index (χ2v) is 5.11. The summed E-state index contributed by atoms with van der Waals surface area (Å²) in [5, 5.41) is 6.90. The largest absolute Gasteiger partial charge is 0.317 e. The van der Waals surface area contributed by atoms with E-state index in [2.05, 4.69) is 22.5 Å². The van der Waals surface area contributed by atoms with E-state index in [-0.39, 0.29) is 11.8 Å². The van der Waals surface area contributed by atoms with Gasteiger partial charge in [0.1, 0.15) is 0 Å². The molecule has 1 amide bonds. The second-order valence-electron chi connectivity index (χ2n) is 4.00. The summed E-state index contributed by atoms with van der Waals surface area (Å²) in [5.74, 6) is 0.272. The third-order valence-electron chi connectivity index (χ3n) is 2.84. The molecule has 1 aliphatic heterocycles. The maximum atomic E-state index is 11.9. The number of anilines is 1. The fourth-order valence-electron chi connectivity index (χ4n) is 1.82. The van der Waals surface area contributed by atoms with Crippen molar-refractivity contribution in [3.8, 4) is 0 Å². The summed E-state index contributed by atoms with van der Waals surface area (Å²) in [6.45, 7) is 3.97. The average Bonchev–Trinajstić information content (AvgIpc) is 2.78. The van der Waals surface area contributed by atoms with E-state index in [4.69, 9.17) is 0 Å². The third-order valence-corrected chi connectivity index (χ3v) is 3.90. The molecule has 1 fully saturated rings. The second kappa shape index (κ2) is 5.41. The predicted molar refractivity (Wildman–Crippen MR) is 65.7 cm³/mol. The quantitative estimate of drug-likeness (QED) is 0.843. The van der Waals surface area contributed by atoms with Gasteiger partial charge in [0.05, 0.1) is 0 Å². The first-order chi connectivity index (χ1) is 7.79. The van der Waals surface area contributed by atoms with Crippen LogP contribution in [0.2, 0.25) is 0 Å². The monoisotopic (exact) mass is 239 g/mol. The van der Waals surface area contributed by atoms with Gasteiger partial charge in [0, 0.05) is 17.0 Å². The lowest BCUT2D eigenvalue weighted by atomic mass is 9.97. The summed E-state index contributed by atoms with van der Waals surface area (Å²) >= 11 is 1.57. The van der Waals surface area contributed by atoms with Crippen LogP contribution < -0.4 is 10.6 Å². The van der Waals surface area contributed by atoms with Crippen molar-refractivity contribution in [3.05, 3.63) is 11.1 Å². The van der Waals surface area contributed by atoms with Crippen LogP contribution in [-0.2, 0) is 11.2 Å². The molecule has 0 atom stereocenters. The molecule has 5 heteroatoms. The minimum absolute atomic E-state index is 0.124. The van der Waals surface area contributed by atoms with Crippen LogP contribution >= 0.6 is 11.3 Å². The van der Waals surface area contributed by atoms with Gasteiger partial charge in [-0.3, -0.25) is 4.79 Å². The van der Waals surface area contributed by atoms with Crippen molar-refractivity contribution < 1.29 is 4.79 Å². The van der Waals surface area contributed by atoms with E-state index in [0.29, 0.717) is 0 Å². The summed E-state index contributed by atoms with van der Waals surface area (Å²) in [4.78, 5) is 17.3. The molecule has 2 heterocycles. The number of carbonyl (C=O) groups excluding carboxylic acids is 1. The standard InChI is InChI=1S/C11H17N3OS/c1-2-9-7-13-11(16-9)14-10(15)8-3-5-12-6-4-8/h7-8,12H,2-6H2,1H3,(H,13,14,15). The lowest BCUT2D eigenvalue weighted by molar-refractivity contribution is -0.120. The molecule has 0 spiro atoms. The molecule has 1 saturated heterocycles. The lowest BCUT2D eigenvalue weighted by Crippen LogP contribution is -2.34. The Hall–Kier alpha value is -0.940. The Balaban J connectivity index is 1.90. The van der Waals surface area contributed by atoms with Crippen LogP contribution in [0.15, 0.2) is 6.20 Å². The van der Waals surface area contributed by atoms with E-state index >= 15 is 0 Å². The molecule has 2 N–H and O–H groups in total. The number of piperidine rings is 1. The van der Waals surface area contributed by atoms with E-state index in [9.17, 15) is 4.79 Å². The van der Waals surface area contributed by atoms with Crippen LogP contribution in [0.25, 0.3) is 0 Å². The number of nitrogens with one attached hydrogen (secondary N) is 2. The minimum Gasteiger partial charge on any atom is -0.317 e. The fraction of sp³-hybridized carbons (Fsp3) is 0.636. The van der Waals surface area contributed by atoms with Gasteiger partial charge >= 0.3 is 0 Å². The molecule has 0 aliphatic carbocycles. The van der Waals surface area contributed by atoms with Crippen molar-refractivity contribution in [3.63, 3.8) is 0 Å². The summed E-state index contributed by atoms with van der Waals surface area (Å²) in [5.41, 5.74) is 0. The number of hydrogen-bond acceptors (Lipinski definition) is 4. The highest BCUT2D eigenvalue weighted by molar-refractivity contribution is 7.15. The molecule has 0 bridgehead atoms. The number of amides is 1. The topological polar surface area (TPSA) is 54.0 Å². The summed E-state index contributed by atoms with van der Waals surface area (Å²) < 4.78 is 0. The van der Waals surface area contributed by atoms with Crippen LogP contribution in [0.3, 0.4) is 0 Å². The van der Waals surface area contributed by atoms with Gasteiger partial charge < -0.3 is 10.6 Å². The van der Waals surface area contributed by atoms with E-state index in [0.717, 1.165) is 37.5 Å². The van der Waals surface area contributed by atoms with Gasteiger partial charge in [0.2, 0.25) is 5.91 Å². The first-order valence-corrected chi connectivity index (χ1v) is 6.57. The SMILES string of the molecule is CCc1cnc(NC(=O)C2CCNCC2)s1. The van der Waals surface area contributed by atoms with Gasteiger partial charge in [0.25, 0.3) is 0 Å². The molecule has 1 aliphatic rings. The molecule has 16 heavy (non-hydrogen) atoms. The Labute approximate surface area is 99.5 Å². The summed E-state index contributed by atoms with van der Waals surface area (Å²) in [7, 11) is 0. The van der Waals surface area contributed by atoms with Crippen LogP contribution in [-0.4, -0.2) is 24.0 Å². The van der Waals surface area contributed by atoms with Crippen LogP contribution in [0.1, 0.15) is 24.6 Å². The van der Waals surface area contributed by atoms with Gasteiger partial charge in [-0.05, 0) is 32.4 Å². The van der Waals surface area contributed by atoms with E-state index in [1.54, 1.807) is 11.3 Å². The molecular weight excluding hydrogens is 222 g/mol. The van der Waals surface area contributed by atoms with Gasteiger partial charge in [-0.2, -0.15) is 0 Å². The number of aryl methyl sites for hydroxylation is 1. The van der Waals surface area contributed by atoms with Gasteiger partial charge in [-0.15, -0.1) is 11.3 Å². The molecular formula is C11H17N3OS. The highest BCUT2D eigenvalue weighted by Crippen LogP contribution is 2.20. The van der Waals surface area contributed by atoms with E-state index < -0.39 is 0 Å². The Kier molecular flexibility index (Phi) is 3.90. The number of aromatic nitrogens is 1. The zero-order valence-corrected chi connectivity index (χ0v) is 10.3. The third kappa shape index (κ3) is 2.80. The van der Waals surface area contributed by atoms with Crippen LogP contribution in [0, 0.1) is 5.92 Å². The Bertz CT molecular complexity index is 358. The number of nitrogens with zero attached hydrogens (tertiary/aromatic N) is 1. The number of hydrogen-bond donors (Lipinski definition) is 2. The van der Waals surface area contributed by atoms with E-state index in [1.165, 1.54) is 4.88 Å². The fourth-order valence-corrected chi connectivity index (χ4v) is 2.58. The van der Waals surface area contributed by atoms with Crippen LogP contribution in [0.5, 0.6) is 0 Å². The molecule has 0 aromatic carbocycles. The van der Waals surface area contributed by atoms with Crippen molar-refractivity contribution in [1.29, 1.82) is 0 Å². The van der Waals surface area contributed by atoms with Crippen molar-refractivity contribution in [2.75, 3.05) is 18.4 Å². The lowest BCUT2D eigenvalue weighted by Gasteiger charge is -2.20. The van der Waals surface area contributed by atoms with E-state index in [1.807, 2.05) is 6.20 Å². The maximum Gasteiger partial charge on any atom is 0.229 e. The first kappa shape index (κ1) is 11.5. The molecule has 1 aromatic rings. The van der Waals surface area contributed by atoms with Crippen molar-refractivity contribution in [1.82, 2.24) is 10.3 Å². The highest BCUT2D eigenvalue weighted by atomic mass is 32.1. The van der Waals surface area contributed by atoms with Crippen molar-refractivity contribution in [2.24, 2.45) is 5.92 Å². The van der Waals surface area contributed by atoms with Crippen molar-refractivity contribution >= 4 is 22.4 Å². The predicted octanol–water partition coefficient (Wildman–Crippen LogP) is 1.64. The zero-order valence-electron chi connectivity index (χ0n) is 9.45. The minimum atomic E-state index is 0.124. The van der Waals surface area contributed by atoms with Crippen LogP contribution in [0.4, 0.5) is 5.13 Å². The van der Waals surface area contributed by atoms with Gasteiger partial charge in [-0.25, -0.2) is 4.98 Å². The average molecular weight is 239 g/mol. The number of thiazole rings is 1. The Morgan fingerprint density at radius 3 is 3.00 bits per heavy atom. The Morgan fingerprint density at radius 2 is 2.38 bits per heavy atom. The smallest absolute Gasteiger partial charge is 0.229 e. The molecule has 0 radical (unpaired) electrons. The summed E-state index contributed by atoms with van der Waals surface area (Å²) in [6, 6.07) is 0. The zero-order chi connectivity index (χ0) is 11.4. The maximum absolute atomic E-state index is 11.9. The number of rotatable bonds is 3. The van der Waals surface area contributed by atoms with Gasteiger partial charge in [-0.1, -0.05) is 6.92 Å². The molecule has 1 aromatic heterocycles. The van der Waals surface area contributed by atoms with Crippen molar-refractivity contribution in [2.45, 2.75) is 26.2 Å². The molecule has 0 unspecified atom stereocenters. The van der Waals surface area contributed by atoms with Gasteiger partial charge in [0.15, 0.2) is 5.13 Å². The molecule has 0 saturated carbocycles. The first-order valence-electron chi connectivity index (χ1n) is 5.76. The molecule has 4 nitrogen and oxygen atoms in total. The summed E-state index contributed by atoms with van der Waals surface area (Å²) in [6.07, 6.45) is 4.67. The Morgan fingerprint density at radius 1 is 1.62 bits per heavy atom. The highest BCUT2D eigenvalue weighted by Gasteiger charge is 2.21. The normalized spacial score (nSPS) is 17.3.